The van der Waals surface area contributed by atoms with Crippen LogP contribution in [0.5, 0.6) is 0 Å². The van der Waals surface area contributed by atoms with E-state index in [9.17, 15) is 0 Å². The summed E-state index contributed by atoms with van der Waals surface area (Å²) in [6.07, 6.45) is 0. The van der Waals surface area contributed by atoms with Crippen LogP contribution in [0.25, 0.3) is 66.1 Å². The molecule has 258 valence electrons. The zero-order chi connectivity index (χ0) is 36.3. The average molecular weight is 726 g/mol. The molecular weight excluding hydrogens is 687 g/mol. The smallest absolute Gasteiger partial charge is 0.143 e. The van der Waals surface area contributed by atoms with Gasteiger partial charge >= 0.3 is 0 Å². The average Bonchev–Trinajstić information content (AvgIpc) is 3.78. The maximum atomic E-state index is 6.66. The quantitative estimate of drug-likeness (QED) is 0.168. The Morgan fingerprint density at radius 1 is 0.426 bits per heavy atom. The summed E-state index contributed by atoms with van der Waals surface area (Å²) in [5.41, 5.74) is 13.4. The molecule has 3 heterocycles. The van der Waals surface area contributed by atoms with Gasteiger partial charge in [-0.25, -0.2) is 0 Å². The Labute approximate surface area is 318 Å². The van der Waals surface area contributed by atoms with E-state index in [0.29, 0.717) is 0 Å². The number of hydrogen-bond donors (Lipinski definition) is 0. The largest absolute Gasteiger partial charge is 0.455 e. The van der Waals surface area contributed by atoms with Crippen molar-refractivity contribution in [1.29, 1.82) is 0 Å². The summed E-state index contributed by atoms with van der Waals surface area (Å²) < 4.78 is 6.66. The molecule has 2 aliphatic heterocycles. The molecule has 54 heavy (non-hydrogen) atoms. The summed E-state index contributed by atoms with van der Waals surface area (Å²) in [5, 5.41) is 10.9. The zero-order valence-corrected chi connectivity index (χ0v) is 32.9. The molecule has 11 rings (SSSR count). The maximum Gasteiger partial charge on any atom is 0.143 e. The molecule has 8 aromatic carbocycles. The fourth-order valence-electron chi connectivity index (χ4n) is 9.74. The molecule has 0 radical (unpaired) electrons. The van der Waals surface area contributed by atoms with Gasteiger partial charge in [-0.2, -0.15) is 0 Å². The van der Waals surface area contributed by atoms with Crippen molar-refractivity contribution in [3.05, 3.63) is 164 Å². The lowest BCUT2D eigenvalue weighted by Crippen LogP contribution is -2.49. The van der Waals surface area contributed by atoms with Crippen LogP contribution >= 0.6 is 0 Å². The Hall–Kier alpha value is -5.95. The molecule has 0 amide bonds. The Kier molecular flexibility index (Phi) is 6.60. The number of anilines is 3. The minimum atomic E-state index is -2.09. The minimum Gasteiger partial charge on any atom is -0.455 e. The Balaban J connectivity index is 1.13. The van der Waals surface area contributed by atoms with E-state index in [-0.39, 0.29) is 0 Å². The highest BCUT2D eigenvalue weighted by molar-refractivity contribution is 7.04. The van der Waals surface area contributed by atoms with E-state index in [1.54, 1.807) is 0 Å². The molecule has 2 aliphatic rings. The Bertz CT molecular complexity index is 3000. The van der Waals surface area contributed by atoms with Gasteiger partial charge in [0.15, 0.2) is 0 Å². The predicted molar refractivity (Wildman–Crippen MR) is 236 cm³/mol. The Morgan fingerprint density at radius 3 is 1.93 bits per heavy atom. The van der Waals surface area contributed by atoms with Crippen molar-refractivity contribution in [3.8, 4) is 33.4 Å². The number of benzene rings is 8. The van der Waals surface area contributed by atoms with Gasteiger partial charge in [0.1, 0.15) is 27.3 Å². The van der Waals surface area contributed by atoms with Gasteiger partial charge < -0.3 is 9.32 Å². The molecule has 1 aromatic heterocycles. The van der Waals surface area contributed by atoms with Gasteiger partial charge in [0, 0.05) is 33.3 Å². The first-order chi connectivity index (χ1) is 26.3. The molecule has 0 aliphatic carbocycles. The third-order valence-electron chi connectivity index (χ3n) is 12.5. The number of para-hydroxylation sites is 1. The number of rotatable bonds is 4. The first-order valence-corrected chi connectivity index (χ1v) is 25.0. The third kappa shape index (κ3) is 4.32. The van der Waals surface area contributed by atoms with Gasteiger partial charge in [-0.15, -0.1) is 0 Å². The van der Waals surface area contributed by atoms with E-state index in [1.165, 1.54) is 87.0 Å². The van der Waals surface area contributed by atoms with Crippen LogP contribution in [0.2, 0.25) is 26.2 Å². The second-order valence-electron chi connectivity index (χ2n) is 16.1. The lowest BCUT2D eigenvalue weighted by atomic mass is 9.97. The second-order valence-corrected chi connectivity index (χ2v) is 24.8. The molecular formula is C50H39NOSi2. The van der Waals surface area contributed by atoms with Crippen molar-refractivity contribution in [2.24, 2.45) is 0 Å². The molecule has 0 fully saturated rings. The highest BCUT2D eigenvalue weighted by Gasteiger charge is 2.42. The van der Waals surface area contributed by atoms with Gasteiger partial charge in [0.05, 0.1) is 5.69 Å². The molecule has 0 saturated carbocycles. The van der Waals surface area contributed by atoms with Crippen molar-refractivity contribution < 1.29 is 4.42 Å². The van der Waals surface area contributed by atoms with Crippen molar-refractivity contribution in [2.75, 3.05) is 4.90 Å². The van der Waals surface area contributed by atoms with Crippen LogP contribution in [0.4, 0.5) is 17.1 Å². The summed E-state index contributed by atoms with van der Waals surface area (Å²) >= 11 is 0. The van der Waals surface area contributed by atoms with Crippen molar-refractivity contribution in [1.82, 2.24) is 0 Å². The van der Waals surface area contributed by atoms with Crippen LogP contribution in [0.1, 0.15) is 0 Å². The number of furan rings is 1. The fraction of sp³-hybridized carbons (Fsp3) is 0.0800. The van der Waals surface area contributed by atoms with Crippen molar-refractivity contribution in [3.63, 3.8) is 0 Å². The van der Waals surface area contributed by atoms with Crippen LogP contribution in [0, 0.1) is 0 Å². The first-order valence-electron chi connectivity index (χ1n) is 19.0. The van der Waals surface area contributed by atoms with Crippen LogP contribution in [-0.4, -0.2) is 16.1 Å². The second kappa shape index (κ2) is 11.3. The van der Waals surface area contributed by atoms with E-state index in [1.807, 2.05) is 0 Å². The number of nitrogens with zero attached hydrogens (tertiary/aromatic N) is 1. The minimum absolute atomic E-state index is 0.952. The van der Waals surface area contributed by atoms with E-state index in [4.69, 9.17) is 4.42 Å². The van der Waals surface area contributed by atoms with Crippen LogP contribution < -0.4 is 25.6 Å². The zero-order valence-electron chi connectivity index (χ0n) is 30.9. The Morgan fingerprint density at radius 2 is 1.06 bits per heavy atom. The van der Waals surface area contributed by atoms with Crippen LogP contribution in [0.3, 0.4) is 0 Å². The molecule has 4 heteroatoms. The summed E-state index contributed by atoms with van der Waals surface area (Å²) in [4.78, 5) is 2.53. The number of hydrogen-bond acceptors (Lipinski definition) is 2. The third-order valence-corrected chi connectivity index (χ3v) is 19.5. The lowest BCUT2D eigenvalue weighted by molar-refractivity contribution is 0.670. The van der Waals surface area contributed by atoms with Crippen LogP contribution in [-0.2, 0) is 0 Å². The summed E-state index contributed by atoms with van der Waals surface area (Å²) in [5.74, 6) is 0. The maximum absolute atomic E-state index is 6.66. The summed E-state index contributed by atoms with van der Waals surface area (Å²) in [7, 11) is -3.98. The number of fused-ring (bicyclic) bond motifs is 11. The molecule has 2 nitrogen and oxygen atoms in total. The SMILES string of the molecule is C[Si]1(C)c2ccccc2-c2c(N(c3ccc(-c4cccc5ccccc45)cc3)c3ccc4c(c3)[Si](C)(C)c3ccc5c(oc6ccccc65)c3-4)cccc21. The van der Waals surface area contributed by atoms with Gasteiger partial charge in [0.2, 0.25) is 0 Å². The van der Waals surface area contributed by atoms with Crippen molar-refractivity contribution in [2.45, 2.75) is 26.2 Å². The van der Waals surface area contributed by atoms with Crippen molar-refractivity contribution >= 4 is 86.7 Å². The molecule has 0 unspecified atom stereocenters. The van der Waals surface area contributed by atoms with Gasteiger partial charge in [-0.3, -0.25) is 0 Å². The molecule has 0 saturated heterocycles. The predicted octanol–water partition coefficient (Wildman–Crippen LogP) is 11.5. The highest BCUT2D eigenvalue weighted by atomic mass is 28.3. The summed E-state index contributed by atoms with van der Waals surface area (Å²) in [6.45, 7) is 10.0. The fourth-order valence-corrected chi connectivity index (χ4v) is 15.9. The monoisotopic (exact) mass is 725 g/mol. The van der Waals surface area contributed by atoms with E-state index >= 15 is 0 Å². The first kappa shape index (κ1) is 31.6. The highest BCUT2D eigenvalue weighted by Crippen LogP contribution is 2.45. The van der Waals surface area contributed by atoms with Gasteiger partial charge in [-0.1, -0.05) is 154 Å². The van der Waals surface area contributed by atoms with E-state index < -0.39 is 16.1 Å². The van der Waals surface area contributed by atoms with Crippen LogP contribution in [0.15, 0.2) is 168 Å². The molecule has 0 atom stereocenters. The van der Waals surface area contributed by atoms with E-state index in [2.05, 4.69) is 195 Å². The van der Waals surface area contributed by atoms with Gasteiger partial charge in [0.25, 0.3) is 0 Å². The topological polar surface area (TPSA) is 16.4 Å². The molecule has 0 bridgehead atoms. The normalized spacial score (nSPS) is 14.6. The molecule has 9 aromatic rings. The molecule has 0 N–H and O–H groups in total. The lowest BCUT2D eigenvalue weighted by Gasteiger charge is -2.30. The molecule has 0 spiro atoms. The van der Waals surface area contributed by atoms with Gasteiger partial charge in [-0.05, 0) is 90.2 Å². The van der Waals surface area contributed by atoms with E-state index in [0.717, 1.165) is 16.9 Å². The summed E-state index contributed by atoms with van der Waals surface area (Å²) in [6, 6.07) is 61.1. The standard InChI is InChI=1S/C50H39NOSi2/c1-53(2)44-21-10-8-17-40(44)48-42(19-12-22-45(48)53)51(34-25-23-33(24-26-34)37-18-11-14-32-13-5-6-15-36(32)37)35-27-28-41-47(31-35)54(3,4)46-30-29-39-38-16-7-9-20-43(38)52-50(39)49(41)46/h5-31H,1-4H3.